The molecule has 0 atom stereocenters. The number of aromatic nitrogens is 3. The molecule has 28 heavy (non-hydrogen) atoms. The SMILES string of the molecule is C#CCOc1ccc(-c2nn3c(C)cc(C)nc3c2C(=O)N(CC)CC)cc1. The van der Waals surface area contributed by atoms with Crippen LogP contribution in [-0.4, -0.2) is 45.1 Å². The molecule has 144 valence electrons. The number of carbonyl (C=O) groups is 1. The van der Waals surface area contributed by atoms with Crippen LogP contribution in [0, 0.1) is 26.2 Å². The van der Waals surface area contributed by atoms with E-state index in [4.69, 9.17) is 16.3 Å². The van der Waals surface area contributed by atoms with Gasteiger partial charge in [0.2, 0.25) is 0 Å². The van der Waals surface area contributed by atoms with Crippen LogP contribution >= 0.6 is 0 Å². The number of amides is 1. The standard InChI is InChI=1S/C22H24N4O2/c1-6-13-28-18-11-9-17(10-12-18)20-19(22(27)25(7-2)8-3)21-23-15(4)14-16(5)26(21)24-20/h1,9-12,14H,7-8,13H2,2-5H3. The average molecular weight is 376 g/mol. The molecule has 6 heteroatoms. The molecule has 0 saturated carbocycles. The predicted octanol–water partition coefficient (Wildman–Crippen LogP) is 3.51. The number of aryl methyl sites for hydroxylation is 2. The van der Waals surface area contributed by atoms with Gasteiger partial charge in [-0.05, 0) is 58.0 Å². The van der Waals surface area contributed by atoms with E-state index in [1.54, 1.807) is 9.42 Å². The molecular formula is C22H24N4O2. The Kier molecular flexibility index (Phi) is 5.65. The Labute approximate surface area is 165 Å². The fourth-order valence-corrected chi connectivity index (χ4v) is 3.22. The lowest BCUT2D eigenvalue weighted by molar-refractivity contribution is 0.0775. The molecule has 2 aromatic heterocycles. The average Bonchev–Trinajstić information content (AvgIpc) is 3.07. The van der Waals surface area contributed by atoms with Crippen molar-refractivity contribution in [1.82, 2.24) is 19.5 Å². The molecule has 6 nitrogen and oxygen atoms in total. The maximum absolute atomic E-state index is 13.3. The zero-order valence-corrected chi connectivity index (χ0v) is 16.7. The van der Waals surface area contributed by atoms with Gasteiger partial charge in [-0.25, -0.2) is 9.50 Å². The second kappa shape index (κ2) is 8.13. The topological polar surface area (TPSA) is 59.7 Å². The molecule has 0 aliphatic carbocycles. The van der Waals surface area contributed by atoms with Crippen molar-refractivity contribution in [1.29, 1.82) is 0 Å². The van der Waals surface area contributed by atoms with Crippen LogP contribution in [0.25, 0.3) is 16.9 Å². The highest BCUT2D eigenvalue weighted by Crippen LogP contribution is 2.29. The fraction of sp³-hybridized carbons (Fsp3) is 0.318. The molecule has 2 heterocycles. The third kappa shape index (κ3) is 3.56. The van der Waals surface area contributed by atoms with Gasteiger partial charge in [0.25, 0.3) is 5.91 Å². The van der Waals surface area contributed by atoms with Crippen LogP contribution in [0.2, 0.25) is 0 Å². The summed E-state index contributed by atoms with van der Waals surface area (Å²) in [4.78, 5) is 19.7. The van der Waals surface area contributed by atoms with Crippen molar-refractivity contribution in [3.63, 3.8) is 0 Å². The second-order valence-electron chi connectivity index (χ2n) is 6.49. The number of hydrogen-bond donors (Lipinski definition) is 0. The Morgan fingerprint density at radius 1 is 1.21 bits per heavy atom. The Bertz CT molecular complexity index is 1040. The van der Waals surface area contributed by atoms with Crippen LogP contribution in [0.1, 0.15) is 35.6 Å². The molecule has 0 saturated heterocycles. The van der Waals surface area contributed by atoms with Crippen LogP contribution in [-0.2, 0) is 0 Å². The number of benzene rings is 1. The number of ether oxygens (including phenoxy) is 1. The van der Waals surface area contributed by atoms with Gasteiger partial charge in [0.1, 0.15) is 23.6 Å². The Morgan fingerprint density at radius 3 is 2.50 bits per heavy atom. The summed E-state index contributed by atoms with van der Waals surface area (Å²) in [5.41, 5.74) is 4.32. The van der Waals surface area contributed by atoms with Crippen LogP contribution in [0.4, 0.5) is 0 Å². The third-order valence-electron chi connectivity index (χ3n) is 4.61. The van der Waals surface area contributed by atoms with E-state index in [2.05, 4.69) is 10.9 Å². The normalized spacial score (nSPS) is 10.7. The van der Waals surface area contributed by atoms with Crippen molar-refractivity contribution in [2.75, 3.05) is 19.7 Å². The summed E-state index contributed by atoms with van der Waals surface area (Å²) < 4.78 is 7.18. The van der Waals surface area contributed by atoms with Gasteiger partial charge in [-0.2, -0.15) is 5.10 Å². The minimum absolute atomic E-state index is 0.0693. The Morgan fingerprint density at radius 2 is 1.89 bits per heavy atom. The summed E-state index contributed by atoms with van der Waals surface area (Å²) in [5, 5.41) is 4.72. The van der Waals surface area contributed by atoms with Gasteiger partial charge in [-0.15, -0.1) is 6.42 Å². The van der Waals surface area contributed by atoms with E-state index in [0.717, 1.165) is 17.0 Å². The maximum atomic E-state index is 13.3. The van der Waals surface area contributed by atoms with E-state index >= 15 is 0 Å². The molecule has 1 amide bonds. The highest BCUT2D eigenvalue weighted by atomic mass is 16.5. The highest BCUT2D eigenvalue weighted by molar-refractivity contribution is 6.05. The molecule has 3 rings (SSSR count). The summed E-state index contributed by atoms with van der Waals surface area (Å²) in [5.74, 6) is 3.05. The molecule has 0 unspecified atom stereocenters. The zero-order valence-electron chi connectivity index (χ0n) is 16.7. The first-order valence-corrected chi connectivity index (χ1v) is 9.33. The molecule has 3 aromatic rings. The highest BCUT2D eigenvalue weighted by Gasteiger charge is 2.26. The Hall–Kier alpha value is -3.33. The molecule has 0 aliphatic heterocycles. The molecular weight excluding hydrogens is 352 g/mol. The first-order chi connectivity index (χ1) is 13.5. The summed E-state index contributed by atoms with van der Waals surface area (Å²) >= 11 is 0. The quantitative estimate of drug-likeness (QED) is 0.618. The zero-order chi connectivity index (χ0) is 20.3. The van der Waals surface area contributed by atoms with E-state index in [9.17, 15) is 4.79 Å². The lowest BCUT2D eigenvalue weighted by Gasteiger charge is -2.18. The lowest BCUT2D eigenvalue weighted by Crippen LogP contribution is -2.30. The number of carbonyl (C=O) groups excluding carboxylic acids is 1. The number of hydrogen-bond acceptors (Lipinski definition) is 4. The monoisotopic (exact) mass is 376 g/mol. The number of fused-ring (bicyclic) bond motifs is 1. The van der Waals surface area contributed by atoms with Crippen LogP contribution in [0.15, 0.2) is 30.3 Å². The number of nitrogens with zero attached hydrogens (tertiary/aromatic N) is 4. The van der Waals surface area contributed by atoms with Gasteiger partial charge >= 0.3 is 0 Å². The van der Waals surface area contributed by atoms with Gasteiger partial charge in [-0.3, -0.25) is 4.79 Å². The van der Waals surface area contributed by atoms with E-state index in [1.807, 2.05) is 58.0 Å². The van der Waals surface area contributed by atoms with Crippen LogP contribution in [0.3, 0.4) is 0 Å². The second-order valence-corrected chi connectivity index (χ2v) is 6.49. The molecule has 1 aromatic carbocycles. The van der Waals surface area contributed by atoms with Gasteiger partial charge in [0, 0.05) is 30.0 Å². The van der Waals surface area contributed by atoms with E-state index < -0.39 is 0 Å². The van der Waals surface area contributed by atoms with E-state index in [-0.39, 0.29) is 12.5 Å². The summed E-state index contributed by atoms with van der Waals surface area (Å²) in [6.45, 7) is 9.26. The summed E-state index contributed by atoms with van der Waals surface area (Å²) in [6.07, 6.45) is 5.24. The number of terminal acetylenes is 1. The van der Waals surface area contributed by atoms with Crippen molar-refractivity contribution in [2.45, 2.75) is 27.7 Å². The van der Waals surface area contributed by atoms with Crippen molar-refractivity contribution in [3.05, 3.63) is 47.3 Å². The van der Waals surface area contributed by atoms with E-state index in [1.165, 1.54) is 0 Å². The minimum atomic E-state index is -0.0693. The molecule has 0 N–H and O–H groups in total. The molecule has 0 fully saturated rings. The predicted molar refractivity (Wildman–Crippen MR) is 109 cm³/mol. The fourth-order valence-electron chi connectivity index (χ4n) is 3.22. The van der Waals surface area contributed by atoms with Gasteiger partial charge in [0.15, 0.2) is 5.65 Å². The van der Waals surface area contributed by atoms with Crippen molar-refractivity contribution < 1.29 is 9.53 Å². The smallest absolute Gasteiger partial charge is 0.259 e. The minimum Gasteiger partial charge on any atom is -0.481 e. The number of rotatable bonds is 6. The Balaban J connectivity index is 2.18. The van der Waals surface area contributed by atoms with Crippen molar-refractivity contribution in [2.24, 2.45) is 0 Å². The third-order valence-corrected chi connectivity index (χ3v) is 4.61. The van der Waals surface area contributed by atoms with Gasteiger partial charge in [0.05, 0.1) is 0 Å². The summed E-state index contributed by atoms with van der Waals surface area (Å²) in [6, 6.07) is 9.37. The van der Waals surface area contributed by atoms with Crippen molar-refractivity contribution in [3.8, 4) is 29.4 Å². The molecule has 0 bridgehead atoms. The van der Waals surface area contributed by atoms with Gasteiger partial charge < -0.3 is 9.64 Å². The first kappa shape index (κ1) is 19.4. The summed E-state index contributed by atoms with van der Waals surface area (Å²) in [7, 11) is 0. The van der Waals surface area contributed by atoms with Gasteiger partial charge in [-0.1, -0.05) is 5.92 Å². The lowest BCUT2D eigenvalue weighted by atomic mass is 10.1. The van der Waals surface area contributed by atoms with E-state index in [0.29, 0.717) is 35.7 Å². The molecule has 0 aliphatic rings. The van der Waals surface area contributed by atoms with Crippen LogP contribution < -0.4 is 4.74 Å². The molecule has 0 radical (unpaired) electrons. The molecule has 0 spiro atoms. The van der Waals surface area contributed by atoms with Crippen LogP contribution in [0.5, 0.6) is 5.75 Å². The maximum Gasteiger partial charge on any atom is 0.259 e. The first-order valence-electron chi connectivity index (χ1n) is 9.33. The van der Waals surface area contributed by atoms with Crippen molar-refractivity contribution >= 4 is 11.6 Å². The largest absolute Gasteiger partial charge is 0.481 e.